The number of rotatable bonds is 7. The minimum absolute atomic E-state index is 0.0703. The Hall–Kier alpha value is -1.18. The number of thioether (sulfide) groups is 2. The van der Waals surface area contributed by atoms with Crippen LogP contribution >= 0.6 is 58.1 Å². The number of aromatic nitrogens is 1. The average Bonchev–Trinajstić information content (AvgIpc) is 3.08. The number of benzene rings is 2. The third kappa shape index (κ3) is 5.90. The summed E-state index contributed by atoms with van der Waals surface area (Å²) in [5.74, 6) is 0.634. The number of halogens is 2. The number of carbonyl (C=O) groups is 1. The molecule has 1 aromatic heterocycles. The predicted molar refractivity (Wildman–Crippen MR) is 119 cm³/mol. The Labute approximate surface area is 180 Å². The van der Waals surface area contributed by atoms with E-state index in [1.165, 1.54) is 11.3 Å². The van der Waals surface area contributed by atoms with Gasteiger partial charge in [0, 0.05) is 26.1 Å². The van der Waals surface area contributed by atoms with Crippen LogP contribution in [0, 0.1) is 0 Å². The van der Waals surface area contributed by atoms with E-state index in [-0.39, 0.29) is 12.3 Å². The minimum atomic E-state index is -0.0703. The van der Waals surface area contributed by atoms with Crippen LogP contribution in [-0.4, -0.2) is 17.1 Å². The molecule has 3 nitrogen and oxygen atoms in total. The van der Waals surface area contributed by atoms with E-state index in [0.29, 0.717) is 15.8 Å². The second kappa shape index (κ2) is 9.85. The molecule has 140 valence electrons. The fourth-order valence-corrected chi connectivity index (χ4v) is 5.28. The Kier molecular flexibility index (Phi) is 7.49. The van der Waals surface area contributed by atoms with E-state index in [4.69, 9.17) is 23.2 Å². The summed E-state index contributed by atoms with van der Waals surface area (Å²) in [6.45, 7) is 0. The SMILES string of the molecule is CSc1ccccc1NC(=O)Cc1csc(SCc2ccc(Cl)cc2Cl)n1. The molecule has 1 heterocycles. The zero-order chi connectivity index (χ0) is 19.2. The summed E-state index contributed by atoms with van der Waals surface area (Å²) in [5.41, 5.74) is 2.61. The molecule has 3 rings (SSSR count). The van der Waals surface area contributed by atoms with Crippen LogP contribution in [0.2, 0.25) is 10.0 Å². The van der Waals surface area contributed by atoms with Crippen molar-refractivity contribution < 1.29 is 4.79 Å². The van der Waals surface area contributed by atoms with Crippen molar-refractivity contribution in [2.75, 3.05) is 11.6 Å². The highest BCUT2D eigenvalue weighted by atomic mass is 35.5. The molecule has 0 aliphatic carbocycles. The first-order chi connectivity index (χ1) is 13.0. The van der Waals surface area contributed by atoms with Gasteiger partial charge in [0.1, 0.15) is 4.34 Å². The predicted octanol–water partition coefficient (Wildman–Crippen LogP) is 6.65. The molecule has 1 amide bonds. The molecule has 27 heavy (non-hydrogen) atoms. The van der Waals surface area contributed by atoms with Crippen molar-refractivity contribution in [2.24, 2.45) is 0 Å². The topological polar surface area (TPSA) is 42.0 Å². The number of anilines is 1. The number of amides is 1. The van der Waals surface area contributed by atoms with E-state index in [1.54, 1.807) is 29.6 Å². The number of para-hydroxylation sites is 1. The first kappa shape index (κ1) is 20.6. The lowest BCUT2D eigenvalue weighted by Crippen LogP contribution is -2.15. The van der Waals surface area contributed by atoms with Crippen LogP contribution < -0.4 is 5.32 Å². The van der Waals surface area contributed by atoms with Crippen molar-refractivity contribution in [1.82, 2.24) is 4.98 Å². The molecule has 8 heteroatoms. The summed E-state index contributed by atoms with van der Waals surface area (Å²) < 4.78 is 0.910. The van der Waals surface area contributed by atoms with Crippen LogP contribution in [0.5, 0.6) is 0 Å². The number of hydrogen-bond acceptors (Lipinski definition) is 5. The summed E-state index contributed by atoms with van der Waals surface area (Å²) in [6, 6.07) is 13.2. The van der Waals surface area contributed by atoms with Gasteiger partial charge in [-0.15, -0.1) is 23.1 Å². The van der Waals surface area contributed by atoms with Crippen LogP contribution in [-0.2, 0) is 17.0 Å². The lowest BCUT2D eigenvalue weighted by atomic mass is 10.2. The highest BCUT2D eigenvalue weighted by Gasteiger charge is 2.11. The van der Waals surface area contributed by atoms with E-state index < -0.39 is 0 Å². The van der Waals surface area contributed by atoms with E-state index >= 15 is 0 Å². The minimum Gasteiger partial charge on any atom is -0.325 e. The van der Waals surface area contributed by atoms with E-state index in [2.05, 4.69) is 10.3 Å². The first-order valence-corrected chi connectivity index (χ1v) is 11.8. The molecule has 3 aromatic rings. The molecule has 0 atom stereocenters. The number of nitrogens with zero attached hydrogens (tertiary/aromatic N) is 1. The number of nitrogens with one attached hydrogen (secondary N) is 1. The van der Waals surface area contributed by atoms with Crippen LogP contribution in [0.4, 0.5) is 5.69 Å². The maximum Gasteiger partial charge on any atom is 0.230 e. The van der Waals surface area contributed by atoms with Crippen molar-refractivity contribution in [3.63, 3.8) is 0 Å². The van der Waals surface area contributed by atoms with E-state index in [0.717, 1.165) is 26.2 Å². The van der Waals surface area contributed by atoms with Crippen LogP contribution in [0.1, 0.15) is 11.3 Å². The fraction of sp³-hybridized carbons (Fsp3) is 0.158. The van der Waals surface area contributed by atoms with Gasteiger partial charge >= 0.3 is 0 Å². The standard InChI is InChI=1S/C19H16Cl2N2OS3/c1-25-17-5-3-2-4-16(17)23-18(24)9-14-11-27-19(22-14)26-10-12-6-7-13(20)8-15(12)21/h2-8,11H,9-10H2,1H3,(H,23,24). The molecular weight excluding hydrogens is 439 g/mol. The lowest BCUT2D eigenvalue weighted by molar-refractivity contribution is -0.115. The van der Waals surface area contributed by atoms with Crippen molar-refractivity contribution in [3.8, 4) is 0 Å². The van der Waals surface area contributed by atoms with Gasteiger partial charge in [-0.2, -0.15) is 0 Å². The van der Waals surface area contributed by atoms with Crippen LogP contribution in [0.3, 0.4) is 0 Å². The first-order valence-electron chi connectivity index (χ1n) is 7.99. The monoisotopic (exact) mass is 454 g/mol. The van der Waals surface area contributed by atoms with Gasteiger partial charge in [-0.3, -0.25) is 4.79 Å². The zero-order valence-electron chi connectivity index (χ0n) is 14.4. The Morgan fingerprint density at radius 1 is 1.22 bits per heavy atom. The maximum atomic E-state index is 12.3. The largest absolute Gasteiger partial charge is 0.325 e. The van der Waals surface area contributed by atoms with Crippen molar-refractivity contribution in [2.45, 2.75) is 21.4 Å². The summed E-state index contributed by atoms with van der Waals surface area (Å²) in [4.78, 5) is 17.9. The van der Waals surface area contributed by atoms with Gasteiger partial charge in [-0.05, 0) is 36.1 Å². The smallest absolute Gasteiger partial charge is 0.230 e. The summed E-state index contributed by atoms with van der Waals surface area (Å²) in [7, 11) is 0. The highest BCUT2D eigenvalue weighted by Crippen LogP contribution is 2.30. The van der Waals surface area contributed by atoms with Crippen molar-refractivity contribution in [3.05, 3.63) is 69.1 Å². The van der Waals surface area contributed by atoms with Gasteiger partial charge < -0.3 is 5.32 Å². The van der Waals surface area contributed by atoms with E-state index in [1.807, 2.05) is 48.0 Å². The second-order valence-electron chi connectivity index (χ2n) is 5.55. The Bertz CT molecular complexity index is 946. The second-order valence-corrected chi connectivity index (χ2v) is 9.33. The molecule has 0 spiro atoms. The number of thiazole rings is 1. The summed E-state index contributed by atoms with van der Waals surface area (Å²) in [5, 5.41) is 6.16. The van der Waals surface area contributed by atoms with Gasteiger partial charge in [-0.1, -0.05) is 53.2 Å². The van der Waals surface area contributed by atoms with Gasteiger partial charge in [0.2, 0.25) is 5.91 Å². The van der Waals surface area contributed by atoms with Crippen molar-refractivity contribution in [1.29, 1.82) is 0 Å². The zero-order valence-corrected chi connectivity index (χ0v) is 18.3. The molecule has 1 N–H and O–H groups in total. The Morgan fingerprint density at radius 2 is 2.04 bits per heavy atom. The molecule has 0 unspecified atom stereocenters. The summed E-state index contributed by atoms with van der Waals surface area (Å²) in [6.07, 6.45) is 2.24. The molecule has 0 aliphatic rings. The third-order valence-corrected chi connectivity index (χ3v) is 7.12. The Morgan fingerprint density at radius 3 is 2.81 bits per heavy atom. The molecule has 0 aliphatic heterocycles. The van der Waals surface area contributed by atoms with Gasteiger partial charge in [0.25, 0.3) is 0 Å². The molecule has 0 saturated heterocycles. The van der Waals surface area contributed by atoms with Crippen LogP contribution in [0.25, 0.3) is 0 Å². The lowest BCUT2D eigenvalue weighted by Gasteiger charge is -2.08. The number of hydrogen-bond donors (Lipinski definition) is 1. The van der Waals surface area contributed by atoms with Crippen LogP contribution in [0.15, 0.2) is 57.1 Å². The van der Waals surface area contributed by atoms with Gasteiger partial charge in [0.15, 0.2) is 0 Å². The number of carbonyl (C=O) groups excluding carboxylic acids is 1. The molecule has 2 aromatic carbocycles. The molecule has 0 radical (unpaired) electrons. The molecule has 0 bridgehead atoms. The summed E-state index contributed by atoms with van der Waals surface area (Å²) >= 11 is 16.9. The molecule has 0 saturated carbocycles. The van der Waals surface area contributed by atoms with Gasteiger partial charge in [0.05, 0.1) is 17.8 Å². The molecular formula is C19H16Cl2N2OS3. The average molecular weight is 455 g/mol. The maximum absolute atomic E-state index is 12.3. The van der Waals surface area contributed by atoms with Gasteiger partial charge in [-0.25, -0.2) is 4.98 Å². The van der Waals surface area contributed by atoms with E-state index in [9.17, 15) is 4.79 Å². The third-order valence-electron chi connectivity index (χ3n) is 3.62. The normalized spacial score (nSPS) is 10.8. The fourth-order valence-electron chi connectivity index (χ4n) is 2.32. The quantitative estimate of drug-likeness (QED) is 0.405. The highest BCUT2D eigenvalue weighted by molar-refractivity contribution is 8.00. The molecule has 0 fully saturated rings. The van der Waals surface area contributed by atoms with Crippen molar-refractivity contribution >= 4 is 69.7 Å². The Balaban J connectivity index is 1.56.